The first-order valence-corrected chi connectivity index (χ1v) is 17.3. The third-order valence-corrected chi connectivity index (χ3v) is 9.57. The lowest BCUT2D eigenvalue weighted by molar-refractivity contribution is -0.126. The maximum absolute atomic E-state index is 13.6. The summed E-state index contributed by atoms with van der Waals surface area (Å²) in [5, 5.41) is 2.98. The van der Waals surface area contributed by atoms with Gasteiger partial charge >= 0.3 is 12.2 Å². The van der Waals surface area contributed by atoms with Crippen molar-refractivity contribution in [2.75, 3.05) is 36.1 Å². The molecule has 1 aliphatic heterocycles. The van der Waals surface area contributed by atoms with E-state index in [1.54, 1.807) is 12.1 Å². The molecule has 252 valence electrons. The lowest BCUT2D eigenvalue weighted by atomic mass is 9.85. The lowest BCUT2D eigenvalue weighted by Gasteiger charge is -2.36. The summed E-state index contributed by atoms with van der Waals surface area (Å²) in [6.45, 7) is 10.2. The van der Waals surface area contributed by atoms with Crippen molar-refractivity contribution in [2.24, 2.45) is 17.8 Å². The highest BCUT2D eigenvalue weighted by Crippen LogP contribution is 2.37. The zero-order chi connectivity index (χ0) is 33.6. The Bertz CT molecular complexity index is 1490. The fraction of sp³-hybridized carbons (Fsp3) is 0.545. The summed E-state index contributed by atoms with van der Waals surface area (Å²) in [5.74, 6) is -0.494. The van der Waals surface area contributed by atoms with E-state index < -0.39 is 22.2 Å². The first-order chi connectivity index (χ1) is 21.7. The molecule has 1 unspecified atom stereocenters. The van der Waals surface area contributed by atoms with Crippen LogP contribution in [0.5, 0.6) is 0 Å². The Balaban J connectivity index is 1.44. The first kappa shape index (κ1) is 35.1. The van der Waals surface area contributed by atoms with Gasteiger partial charge in [0.2, 0.25) is 15.9 Å². The predicted octanol–water partition coefficient (Wildman–Crippen LogP) is 5.75. The van der Waals surface area contributed by atoms with E-state index in [0.717, 1.165) is 5.56 Å². The van der Waals surface area contributed by atoms with Crippen LogP contribution in [0, 0.1) is 23.6 Å². The zero-order valence-electron chi connectivity index (χ0n) is 27.1. The van der Waals surface area contributed by atoms with Crippen molar-refractivity contribution in [3.8, 4) is 0 Å². The highest BCUT2D eigenvalue weighted by Gasteiger charge is 2.35. The molecule has 0 spiro atoms. The minimum absolute atomic E-state index is 0.0571. The second-order valence-corrected chi connectivity index (χ2v) is 14.6. The predicted molar refractivity (Wildman–Crippen MR) is 173 cm³/mol. The van der Waals surface area contributed by atoms with Gasteiger partial charge in [-0.2, -0.15) is 0 Å². The number of carbonyl (C=O) groups is 3. The molecule has 2 aromatic carbocycles. The van der Waals surface area contributed by atoms with Gasteiger partial charge in [0.15, 0.2) is 0 Å². The van der Waals surface area contributed by atoms with Gasteiger partial charge in [-0.25, -0.2) is 27.1 Å². The SMILES string of the molecule is CC(C)COC(=O)N1CCN(C(=O)OCC(C)C)c2cc(S(=O)(=O)NC3CCC(C(=O)NC(C)c4ccc(F)cc4)CC3)ccc21. The maximum Gasteiger partial charge on any atom is 0.414 e. The van der Waals surface area contributed by atoms with E-state index in [1.807, 2.05) is 34.6 Å². The average Bonchev–Trinajstić information content (AvgIpc) is 3.02. The van der Waals surface area contributed by atoms with Gasteiger partial charge in [0.25, 0.3) is 0 Å². The number of benzene rings is 2. The van der Waals surface area contributed by atoms with Crippen molar-refractivity contribution >= 4 is 39.5 Å². The van der Waals surface area contributed by atoms with Crippen LogP contribution in [0.15, 0.2) is 47.4 Å². The van der Waals surface area contributed by atoms with Crippen LogP contribution in [0.3, 0.4) is 0 Å². The summed E-state index contributed by atoms with van der Waals surface area (Å²) >= 11 is 0. The minimum Gasteiger partial charge on any atom is -0.449 e. The van der Waals surface area contributed by atoms with Gasteiger partial charge in [-0.3, -0.25) is 14.6 Å². The monoisotopic (exact) mass is 660 g/mol. The fourth-order valence-electron chi connectivity index (χ4n) is 5.49. The Labute approximate surface area is 270 Å². The molecule has 0 saturated heterocycles. The number of halogens is 1. The average molecular weight is 661 g/mol. The molecule has 46 heavy (non-hydrogen) atoms. The quantitative estimate of drug-likeness (QED) is 0.331. The summed E-state index contributed by atoms with van der Waals surface area (Å²) in [7, 11) is -4.02. The molecule has 0 radical (unpaired) electrons. The van der Waals surface area contributed by atoms with Gasteiger partial charge in [-0.1, -0.05) is 39.8 Å². The number of nitrogens with zero attached hydrogens (tertiary/aromatic N) is 2. The van der Waals surface area contributed by atoms with E-state index >= 15 is 0 Å². The van der Waals surface area contributed by atoms with Crippen LogP contribution in [-0.2, 0) is 24.3 Å². The van der Waals surface area contributed by atoms with Crippen LogP contribution >= 0.6 is 0 Å². The number of fused-ring (bicyclic) bond motifs is 1. The van der Waals surface area contributed by atoms with Gasteiger partial charge in [-0.05, 0) is 80.3 Å². The first-order valence-electron chi connectivity index (χ1n) is 15.9. The molecule has 13 heteroatoms. The number of hydrogen-bond donors (Lipinski definition) is 2. The molecular weight excluding hydrogens is 615 g/mol. The van der Waals surface area contributed by atoms with E-state index in [4.69, 9.17) is 9.47 Å². The smallest absolute Gasteiger partial charge is 0.414 e. The zero-order valence-corrected chi connectivity index (χ0v) is 27.9. The van der Waals surface area contributed by atoms with Gasteiger partial charge in [0.1, 0.15) is 5.82 Å². The molecule has 1 aliphatic carbocycles. The minimum atomic E-state index is -4.02. The van der Waals surface area contributed by atoms with Crippen LogP contribution in [0.25, 0.3) is 0 Å². The number of sulfonamides is 1. The third-order valence-electron chi connectivity index (χ3n) is 8.06. The van der Waals surface area contributed by atoms with Crippen molar-refractivity contribution in [1.29, 1.82) is 0 Å². The number of rotatable bonds is 10. The number of anilines is 2. The molecule has 0 aromatic heterocycles. The normalized spacial score (nSPS) is 19.0. The van der Waals surface area contributed by atoms with Crippen molar-refractivity contribution in [3.63, 3.8) is 0 Å². The number of carbonyl (C=O) groups excluding carboxylic acids is 3. The summed E-state index contributed by atoms with van der Waals surface area (Å²) in [5.41, 5.74) is 1.38. The topological polar surface area (TPSA) is 134 Å². The Morgan fingerprint density at radius 2 is 1.37 bits per heavy atom. The lowest BCUT2D eigenvalue weighted by Crippen LogP contribution is -2.47. The standard InChI is InChI=1S/C33H45FN4O7S/c1-21(2)19-44-32(40)37-16-17-38(33(41)45-20-22(3)4)30-18-28(14-15-29(30)37)46(42,43)36-27-12-8-25(9-13-27)31(39)35-23(5)24-6-10-26(34)11-7-24/h6-7,10-11,14-15,18,21-23,25,27,36H,8-9,12-13,16-17,19-20H2,1-5H3,(H,35,39). The number of ether oxygens (including phenoxy) is 2. The number of hydrogen-bond acceptors (Lipinski definition) is 7. The molecule has 1 atom stereocenters. The molecular formula is C33H45FN4O7S. The molecule has 2 N–H and O–H groups in total. The highest BCUT2D eigenvalue weighted by atomic mass is 32.2. The molecule has 4 rings (SSSR count). The molecule has 1 saturated carbocycles. The van der Waals surface area contributed by atoms with Crippen molar-refractivity contribution in [2.45, 2.75) is 77.3 Å². The van der Waals surface area contributed by atoms with Crippen molar-refractivity contribution in [3.05, 3.63) is 53.8 Å². The van der Waals surface area contributed by atoms with E-state index in [-0.39, 0.29) is 78.4 Å². The van der Waals surface area contributed by atoms with Gasteiger partial charge < -0.3 is 14.8 Å². The van der Waals surface area contributed by atoms with E-state index in [9.17, 15) is 27.2 Å². The number of nitrogens with one attached hydrogen (secondary N) is 2. The van der Waals surface area contributed by atoms with Crippen LogP contribution in [0.1, 0.15) is 71.9 Å². The third kappa shape index (κ3) is 8.97. The molecule has 11 nitrogen and oxygen atoms in total. The largest absolute Gasteiger partial charge is 0.449 e. The molecule has 3 amide bonds. The van der Waals surface area contributed by atoms with Gasteiger partial charge in [-0.15, -0.1) is 0 Å². The van der Waals surface area contributed by atoms with Crippen LogP contribution in [0.2, 0.25) is 0 Å². The number of amides is 3. The fourth-order valence-corrected chi connectivity index (χ4v) is 6.82. The molecule has 0 bridgehead atoms. The van der Waals surface area contributed by atoms with Gasteiger partial charge in [0, 0.05) is 25.0 Å². The van der Waals surface area contributed by atoms with E-state index in [0.29, 0.717) is 31.4 Å². The van der Waals surface area contributed by atoms with Crippen LogP contribution in [0.4, 0.5) is 25.4 Å². The Hall–Kier alpha value is -3.71. The Kier molecular flexibility index (Phi) is 11.7. The molecule has 2 aromatic rings. The van der Waals surface area contributed by atoms with Crippen LogP contribution in [-0.4, -0.2) is 58.9 Å². The maximum atomic E-state index is 13.6. The van der Waals surface area contributed by atoms with Crippen LogP contribution < -0.4 is 19.8 Å². The van der Waals surface area contributed by atoms with E-state index in [1.165, 1.54) is 40.1 Å². The molecule has 1 fully saturated rings. The summed E-state index contributed by atoms with van der Waals surface area (Å²) in [6.07, 6.45) is 0.738. The summed E-state index contributed by atoms with van der Waals surface area (Å²) in [6, 6.07) is 9.60. The molecule has 2 aliphatic rings. The Morgan fingerprint density at radius 1 is 0.826 bits per heavy atom. The summed E-state index contributed by atoms with van der Waals surface area (Å²) < 4.78 is 54.0. The Morgan fingerprint density at radius 3 is 1.91 bits per heavy atom. The van der Waals surface area contributed by atoms with E-state index in [2.05, 4.69) is 10.0 Å². The second kappa shape index (κ2) is 15.3. The van der Waals surface area contributed by atoms with Crippen molar-refractivity contribution in [1.82, 2.24) is 10.0 Å². The highest BCUT2D eigenvalue weighted by molar-refractivity contribution is 7.89. The van der Waals surface area contributed by atoms with Crippen molar-refractivity contribution < 1.29 is 36.7 Å². The molecule has 1 heterocycles. The summed E-state index contributed by atoms with van der Waals surface area (Å²) in [4.78, 5) is 41.6. The van der Waals surface area contributed by atoms with Gasteiger partial charge in [0.05, 0.1) is 35.5 Å². The second-order valence-electron chi connectivity index (χ2n) is 12.8.